The van der Waals surface area contributed by atoms with Crippen molar-refractivity contribution in [3.63, 3.8) is 0 Å². The van der Waals surface area contributed by atoms with Crippen molar-refractivity contribution in [1.82, 2.24) is 19.9 Å². The molecule has 0 bridgehead atoms. The van der Waals surface area contributed by atoms with E-state index in [0.29, 0.717) is 16.4 Å². The summed E-state index contributed by atoms with van der Waals surface area (Å²) in [5.41, 5.74) is 2.56. The van der Waals surface area contributed by atoms with Gasteiger partial charge in [0.05, 0.1) is 0 Å². The molecule has 4 aromatic rings. The number of benzene rings is 2. The van der Waals surface area contributed by atoms with Crippen molar-refractivity contribution in [2.24, 2.45) is 0 Å². The Kier molecular flexibility index (Phi) is 4.82. The molecule has 0 atom stereocenters. The zero-order valence-electron chi connectivity index (χ0n) is 15.4. The van der Waals surface area contributed by atoms with E-state index in [-0.39, 0.29) is 11.4 Å². The van der Waals surface area contributed by atoms with Crippen LogP contribution in [0, 0.1) is 0 Å². The molecule has 0 saturated carbocycles. The second-order valence-electron chi connectivity index (χ2n) is 6.63. The smallest absolute Gasteiger partial charge is 0.322 e. The summed E-state index contributed by atoms with van der Waals surface area (Å²) in [7, 11) is 0. The lowest BCUT2D eigenvalue weighted by Gasteiger charge is -2.12. The van der Waals surface area contributed by atoms with Gasteiger partial charge in [0.25, 0.3) is 5.91 Å². The third-order valence-electron chi connectivity index (χ3n) is 4.72. The summed E-state index contributed by atoms with van der Waals surface area (Å²) in [5, 5.41) is 26.9. The number of aryl methyl sites for hydroxylation is 2. The highest BCUT2D eigenvalue weighted by Crippen LogP contribution is 2.32. The topological polar surface area (TPSA) is 117 Å². The lowest BCUT2D eigenvalue weighted by Crippen LogP contribution is -2.31. The second-order valence-corrected chi connectivity index (χ2v) is 6.63. The van der Waals surface area contributed by atoms with Crippen molar-refractivity contribution in [3.05, 3.63) is 71.7 Å². The van der Waals surface area contributed by atoms with Crippen LogP contribution in [0.5, 0.6) is 5.75 Å². The summed E-state index contributed by atoms with van der Waals surface area (Å²) < 4.78 is 1.23. The molecule has 0 saturated heterocycles. The van der Waals surface area contributed by atoms with Gasteiger partial charge in [0.15, 0.2) is 17.1 Å². The van der Waals surface area contributed by atoms with Crippen LogP contribution < -0.4 is 5.32 Å². The van der Waals surface area contributed by atoms with E-state index < -0.39 is 18.4 Å². The first-order valence-corrected chi connectivity index (χ1v) is 9.06. The minimum absolute atomic E-state index is 0.150. The van der Waals surface area contributed by atoms with E-state index in [4.69, 9.17) is 5.11 Å². The molecule has 8 nitrogen and oxygen atoms in total. The molecular formula is C21H18N4O4. The number of aromatic hydroxyl groups is 1. The van der Waals surface area contributed by atoms with Crippen LogP contribution in [0.25, 0.3) is 16.4 Å². The number of aliphatic carboxylic acids is 1. The lowest BCUT2D eigenvalue weighted by molar-refractivity contribution is -0.135. The van der Waals surface area contributed by atoms with E-state index in [1.807, 2.05) is 30.3 Å². The maximum absolute atomic E-state index is 12.4. The van der Waals surface area contributed by atoms with Crippen LogP contribution in [-0.4, -0.2) is 43.2 Å². The van der Waals surface area contributed by atoms with E-state index >= 15 is 0 Å². The van der Waals surface area contributed by atoms with Crippen LogP contribution in [0.1, 0.15) is 21.6 Å². The van der Waals surface area contributed by atoms with Gasteiger partial charge >= 0.3 is 5.97 Å². The Labute approximate surface area is 165 Å². The molecule has 146 valence electrons. The fourth-order valence-electron chi connectivity index (χ4n) is 3.33. The number of carbonyl (C=O) groups excluding carboxylic acids is 1. The normalized spacial score (nSPS) is 11.0. The van der Waals surface area contributed by atoms with Gasteiger partial charge in [-0.15, -0.1) is 0 Å². The first-order chi connectivity index (χ1) is 14.0. The molecular weight excluding hydrogens is 372 g/mol. The van der Waals surface area contributed by atoms with Gasteiger partial charge in [0.2, 0.25) is 0 Å². The van der Waals surface area contributed by atoms with Crippen LogP contribution in [-0.2, 0) is 17.6 Å². The number of nitrogens with zero attached hydrogens (tertiary/aromatic N) is 3. The average Bonchev–Trinajstić information content (AvgIpc) is 3.21. The number of hydrogen-bond donors (Lipinski definition) is 3. The number of rotatable bonds is 6. The minimum Gasteiger partial charge on any atom is -0.505 e. The number of carbonyl (C=O) groups is 2. The molecule has 1 amide bonds. The van der Waals surface area contributed by atoms with Crippen molar-refractivity contribution in [1.29, 1.82) is 0 Å². The van der Waals surface area contributed by atoms with Crippen LogP contribution in [0.3, 0.4) is 0 Å². The van der Waals surface area contributed by atoms with Crippen LogP contribution >= 0.6 is 0 Å². The third kappa shape index (κ3) is 3.60. The maximum atomic E-state index is 12.4. The maximum Gasteiger partial charge on any atom is 0.322 e. The Hall–Kier alpha value is -3.94. The molecule has 0 aliphatic rings. The molecule has 3 N–H and O–H groups in total. The van der Waals surface area contributed by atoms with E-state index in [1.165, 1.54) is 16.4 Å². The average molecular weight is 390 g/mol. The number of fused-ring (bicyclic) bond motifs is 3. The lowest BCUT2D eigenvalue weighted by atomic mass is 10.0. The second kappa shape index (κ2) is 7.59. The number of pyridine rings is 1. The van der Waals surface area contributed by atoms with Crippen LogP contribution in [0.2, 0.25) is 0 Å². The molecule has 0 spiro atoms. The zero-order valence-corrected chi connectivity index (χ0v) is 15.4. The highest BCUT2D eigenvalue weighted by atomic mass is 16.4. The summed E-state index contributed by atoms with van der Waals surface area (Å²) in [6, 6.07) is 15.7. The first-order valence-electron chi connectivity index (χ1n) is 9.06. The third-order valence-corrected chi connectivity index (χ3v) is 4.72. The van der Waals surface area contributed by atoms with E-state index in [9.17, 15) is 14.7 Å². The molecule has 4 rings (SSSR count). The minimum atomic E-state index is -1.18. The molecule has 0 unspecified atom stereocenters. The molecule has 0 fully saturated rings. The van der Waals surface area contributed by atoms with Gasteiger partial charge in [-0.1, -0.05) is 42.5 Å². The van der Waals surface area contributed by atoms with Gasteiger partial charge in [-0.2, -0.15) is 5.10 Å². The summed E-state index contributed by atoms with van der Waals surface area (Å²) >= 11 is 0. The Morgan fingerprint density at radius 1 is 1.00 bits per heavy atom. The number of amides is 1. The Bertz CT molecular complexity index is 1220. The molecule has 0 aliphatic heterocycles. The highest BCUT2D eigenvalue weighted by Gasteiger charge is 2.22. The SMILES string of the molecule is O=C(O)CNC(=O)c1c(O)c2ccc(CCc3ccccc3)cc2c2ncnn12. The fraction of sp³-hybridized carbons (Fsp3) is 0.143. The van der Waals surface area contributed by atoms with Gasteiger partial charge in [0.1, 0.15) is 12.9 Å². The Balaban J connectivity index is 1.73. The van der Waals surface area contributed by atoms with E-state index in [2.05, 4.69) is 27.5 Å². The van der Waals surface area contributed by atoms with Crippen molar-refractivity contribution in [3.8, 4) is 5.75 Å². The van der Waals surface area contributed by atoms with Crippen LogP contribution in [0.4, 0.5) is 0 Å². The predicted octanol–water partition coefficient (Wildman–Crippen LogP) is 2.19. The van der Waals surface area contributed by atoms with Gasteiger partial charge in [0, 0.05) is 10.8 Å². The zero-order chi connectivity index (χ0) is 20.4. The summed E-state index contributed by atoms with van der Waals surface area (Å²) in [6.07, 6.45) is 2.97. The molecule has 2 aromatic heterocycles. The molecule has 2 heterocycles. The van der Waals surface area contributed by atoms with Crippen LogP contribution in [0.15, 0.2) is 54.9 Å². The fourth-order valence-corrected chi connectivity index (χ4v) is 3.33. The van der Waals surface area contributed by atoms with E-state index in [0.717, 1.165) is 18.4 Å². The quantitative estimate of drug-likeness (QED) is 0.465. The first kappa shape index (κ1) is 18.4. The summed E-state index contributed by atoms with van der Waals surface area (Å²) in [4.78, 5) is 27.4. The van der Waals surface area contributed by atoms with Crippen molar-refractivity contribution >= 4 is 28.3 Å². The summed E-state index contributed by atoms with van der Waals surface area (Å²) in [6.45, 7) is -0.565. The predicted molar refractivity (Wildman–Crippen MR) is 106 cm³/mol. The number of nitrogens with one attached hydrogen (secondary N) is 1. The van der Waals surface area contributed by atoms with Gasteiger partial charge < -0.3 is 15.5 Å². The van der Waals surface area contributed by atoms with E-state index in [1.54, 1.807) is 6.07 Å². The standard InChI is InChI=1S/C21H18N4O4/c26-17(27)11-22-21(29)18-19(28)15-9-8-14(7-6-13-4-2-1-3-5-13)10-16(15)20-23-12-24-25(18)20/h1-5,8-10,12,28H,6-7,11H2,(H,22,29)(H,26,27). The largest absolute Gasteiger partial charge is 0.505 e. The van der Waals surface area contributed by atoms with Crippen molar-refractivity contribution in [2.75, 3.05) is 6.54 Å². The van der Waals surface area contributed by atoms with Crippen molar-refractivity contribution < 1.29 is 19.8 Å². The Morgan fingerprint density at radius 2 is 1.76 bits per heavy atom. The van der Waals surface area contributed by atoms with Gasteiger partial charge in [-0.3, -0.25) is 9.59 Å². The molecule has 2 aromatic carbocycles. The number of carboxylic acids is 1. The number of hydrogen-bond acceptors (Lipinski definition) is 5. The highest BCUT2D eigenvalue weighted by molar-refractivity contribution is 6.07. The molecule has 0 radical (unpaired) electrons. The van der Waals surface area contributed by atoms with Gasteiger partial charge in [-0.05, 0) is 30.0 Å². The molecule has 8 heteroatoms. The van der Waals surface area contributed by atoms with Gasteiger partial charge in [-0.25, -0.2) is 9.50 Å². The monoisotopic (exact) mass is 390 g/mol. The Morgan fingerprint density at radius 3 is 2.52 bits per heavy atom. The molecule has 29 heavy (non-hydrogen) atoms. The summed E-state index contributed by atoms with van der Waals surface area (Å²) in [5.74, 6) is -2.19. The number of carboxylic acid groups (broad SMARTS) is 1. The van der Waals surface area contributed by atoms with Crippen molar-refractivity contribution in [2.45, 2.75) is 12.8 Å². The number of aromatic nitrogens is 3. The molecule has 0 aliphatic carbocycles.